The summed E-state index contributed by atoms with van der Waals surface area (Å²) in [4.78, 5) is 14.8. The number of rotatable bonds is 4. The molecule has 0 aliphatic carbocycles. The molecule has 1 N–H and O–H groups in total. The van der Waals surface area contributed by atoms with E-state index in [9.17, 15) is 9.90 Å². The summed E-state index contributed by atoms with van der Waals surface area (Å²) < 4.78 is 5.19. The van der Waals surface area contributed by atoms with Crippen LogP contribution in [-0.2, 0) is 4.79 Å². The van der Waals surface area contributed by atoms with Gasteiger partial charge < -0.3 is 14.5 Å². The number of aliphatic hydroxyl groups is 1. The van der Waals surface area contributed by atoms with Crippen LogP contribution in [0.15, 0.2) is 21.3 Å². The molecule has 2 aromatic heterocycles. The number of hydrogen-bond donors (Lipinski definition) is 1. The lowest BCUT2D eigenvalue weighted by atomic mass is 9.91. The van der Waals surface area contributed by atoms with Crippen molar-refractivity contribution in [3.8, 4) is 0 Å². The molecule has 0 spiro atoms. The fraction of sp³-hybridized carbons (Fsp3) is 0.529. The molecule has 0 aromatic carbocycles. The van der Waals surface area contributed by atoms with Crippen molar-refractivity contribution in [2.24, 2.45) is 5.92 Å². The molecule has 1 saturated heterocycles. The summed E-state index contributed by atoms with van der Waals surface area (Å²) in [6.45, 7) is 6.97. The van der Waals surface area contributed by atoms with E-state index in [4.69, 9.17) is 4.52 Å². The summed E-state index contributed by atoms with van der Waals surface area (Å²) in [6.07, 6.45) is 0. The lowest BCUT2D eigenvalue weighted by Gasteiger charge is -2.21. The topological polar surface area (TPSA) is 66.6 Å². The second-order valence-corrected chi connectivity index (χ2v) is 7.09. The molecule has 0 unspecified atom stereocenters. The maximum absolute atomic E-state index is 12.9. The smallest absolute Gasteiger partial charge is 0.230 e. The monoisotopic (exact) mass is 334 g/mol. The minimum Gasteiger partial charge on any atom is -0.396 e. The number of hydrogen-bond acceptors (Lipinski definition) is 5. The van der Waals surface area contributed by atoms with Crippen molar-refractivity contribution >= 4 is 17.2 Å². The SMILES string of the molecule is Cc1noc(C)c1[C@H](C)C(=O)N1C[C@H](CO)[C@@H](c2ccsc2)C1. The second-order valence-electron chi connectivity index (χ2n) is 6.31. The van der Waals surface area contributed by atoms with Gasteiger partial charge >= 0.3 is 0 Å². The minimum atomic E-state index is -0.276. The van der Waals surface area contributed by atoms with Gasteiger partial charge in [-0.25, -0.2) is 0 Å². The van der Waals surface area contributed by atoms with Gasteiger partial charge in [0.1, 0.15) is 5.76 Å². The van der Waals surface area contributed by atoms with E-state index >= 15 is 0 Å². The van der Waals surface area contributed by atoms with E-state index < -0.39 is 0 Å². The summed E-state index contributed by atoms with van der Waals surface area (Å²) in [5.74, 6) is 0.825. The Balaban J connectivity index is 1.78. The second kappa shape index (κ2) is 6.45. The van der Waals surface area contributed by atoms with Gasteiger partial charge in [-0.3, -0.25) is 4.79 Å². The number of aryl methyl sites for hydroxylation is 2. The van der Waals surface area contributed by atoms with Crippen molar-refractivity contribution in [3.05, 3.63) is 39.4 Å². The van der Waals surface area contributed by atoms with E-state index in [-0.39, 0.29) is 30.3 Å². The Hall–Kier alpha value is -1.66. The average Bonchev–Trinajstić information content (AvgIpc) is 3.25. The molecule has 6 heteroatoms. The molecule has 0 radical (unpaired) electrons. The summed E-state index contributed by atoms with van der Waals surface area (Å²) in [6, 6.07) is 2.09. The highest BCUT2D eigenvalue weighted by Gasteiger charge is 2.38. The van der Waals surface area contributed by atoms with E-state index in [0.717, 1.165) is 11.3 Å². The van der Waals surface area contributed by atoms with Crippen LogP contribution in [0.5, 0.6) is 0 Å². The molecule has 3 rings (SSSR count). The van der Waals surface area contributed by atoms with Crippen LogP contribution in [0.25, 0.3) is 0 Å². The highest BCUT2D eigenvalue weighted by Crippen LogP contribution is 2.35. The molecule has 2 aromatic rings. The molecule has 5 nitrogen and oxygen atoms in total. The third-order valence-electron chi connectivity index (χ3n) is 4.85. The largest absolute Gasteiger partial charge is 0.396 e. The first-order valence-corrected chi connectivity index (χ1v) is 8.81. The van der Waals surface area contributed by atoms with Crippen LogP contribution < -0.4 is 0 Å². The van der Waals surface area contributed by atoms with Gasteiger partial charge in [-0.15, -0.1) is 0 Å². The van der Waals surface area contributed by atoms with Gasteiger partial charge in [0, 0.05) is 37.1 Å². The number of carbonyl (C=O) groups is 1. The zero-order valence-electron chi connectivity index (χ0n) is 13.7. The summed E-state index contributed by atoms with van der Waals surface area (Å²) >= 11 is 1.65. The Bertz CT molecular complexity index is 661. The molecule has 3 atom stereocenters. The number of likely N-dealkylation sites (tertiary alicyclic amines) is 1. The molecule has 0 bridgehead atoms. The zero-order valence-corrected chi connectivity index (χ0v) is 14.5. The Morgan fingerprint density at radius 3 is 2.87 bits per heavy atom. The van der Waals surface area contributed by atoms with Crippen LogP contribution >= 0.6 is 11.3 Å². The van der Waals surface area contributed by atoms with Gasteiger partial charge in [-0.05, 0) is 43.2 Å². The Morgan fingerprint density at radius 1 is 1.52 bits per heavy atom. The Morgan fingerprint density at radius 2 is 2.30 bits per heavy atom. The van der Waals surface area contributed by atoms with Crippen LogP contribution in [0.4, 0.5) is 0 Å². The Labute approximate surface area is 139 Å². The molecule has 1 aliphatic rings. The quantitative estimate of drug-likeness (QED) is 0.933. The van der Waals surface area contributed by atoms with E-state index in [1.165, 1.54) is 5.56 Å². The lowest BCUT2D eigenvalue weighted by Crippen LogP contribution is -2.33. The van der Waals surface area contributed by atoms with Crippen molar-refractivity contribution in [2.75, 3.05) is 19.7 Å². The van der Waals surface area contributed by atoms with Crippen molar-refractivity contribution in [1.82, 2.24) is 10.1 Å². The van der Waals surface area contributed by atoms with E-state index in [0.29, 0.717) is 18.8 Å². The van der Waals surface area contributed by atoms with Crippen molar-refractivity contribution in [1.29, 1.82) is 0 Å². The molecule has 3 heterocycles. The van der Waals surface area contributed by atoms with Crippen LogP contribution in [0.2, 0.25) is 0 Å². The number of thiophene rings is 1. The maximum atomic E-state index is 12.9. The van der Waals surface area contributed by atoms with Gasteiger partial charge in [0.05, 0.1) is 11.6 Å². The molecule has 1 fully saturated rings. The first-order chi connectivity index (χ1) is 11.0. The first kappa shape index (κ1) is 16.2. The maximum Gasteiger partial charge on any atom is 0.230 e. The van der Waals surface area contributed by atoms with E-state index in [1.54, 1.807) is 11.3 Å². The zero-order chi connectivity index (χ0) is 16.6. The fourth-order valence-corrected chi connectivity index (χ4v) is 4.33. The van der Waals surface area contributed by atoms with Gasteiger partial charge in [-0.1, -0.05) is 5.16 Å². The summed E-state index contributed by atoms with van der Waals surface area (Å²) in [5, 5.41) is 17.8. The van der Waals surface area contributed by atoms with Crippen LogP contribution in [-0.4, -0.2) is 40.8 Å². The highest BCUT2D eigenvalue weighted by molar-refractivity contribution is 7.08. The predicted octanol–water partition coefficient (Wildman–Crippen LogP) is 2.69. The van der Waals surface area contributed by atoms with E-state index in [2.05, 4.69) is 16.6 Å². The number of aliphatic hydroxyl groups excluding tert-OH is 1. The average molecular weight is 334 g/mol. The first-order valence-electron chi connectivity index (χ1n) is 7.87. The molecule has 1 aliphatic heterocycles. The van der Waals surface area contributed by atoms with Crippen molar-refractivity contribution in [3.63, 3.8) is 0 Å². The van der Waals surface area contributed by atoms with Gasteiger partial charge in [-0.2, -0.15) is 11.3 Å². The van der Waals surface area contributed by atoms with Crippen LogP contribution in [0.3, 0.4) is 0 Å². The van der Waals surface area contributed by atoms with Crippen LogP contribution in [0.1, 0.15) is 41.3 Å². The third kappa shape index (κ3) is 2.93. The third-order valence-corrected chi connectivity index (χ3v) is 5.55. The molecule has 1 amide bonds. The molecular weight excluding hydrogens is 312 g/mol. The Kier molecular flexibility index (Phi) is 4.55. The number of nitrogens with zero attached hydrogens (tertiary/aromatic N) is 2. The van der Waals surface area contributed by atoms with Crippen molar-refractivity contribution < 1.29 is 14.4 Å². The molecular formula is C17H22N2O3S. The van der Waals surface area contributed by atoms with E-state index in [1.807, 2.05) is 31.1 Å². The standard InChI is InChI=1S/C17H22N2O3S/c1-10(16-11(2)18-22-12(16)3)17(21)19-6-14(8-20)15(7-19)13-4-5-23-9-13/h4-5,9-10,14-15,20H,6-8H2,1-3H3/t10-,14+,15+/m0/s1. The van der Waals surface area contributed by atoms with Gasteiger partial charge in [0.25, 0.3) is 0 Å². The predicted molar refractivity (Wildman–Crippen MR) is 88.6 cm³/mol. The fourth-order valence-electron chi connectivity index (χ4n) is 3.61. The molecule has 0 saturated carbocycles. The summed E-state index contributed by atoms with van der Waals surface area (Å²) in [7, 11) is 0. The molecule has 23 heavy (non-hydrogen) atoms. The lowest BCUT2D eigenvalue weighted by molar-refractivity contribution is -0.131. The van der Waals surface area contributed by atoms with Gasteiger partial charge in [0.2, 0.25) is 5.91 Å². The normalized spacial score (nSPS) is 22.5. The minimum absolute atomic E-state index is 0.0792. The summed E-state index contributed by atoms with van der Waals surface area (Å²) in [5.41, 5.74) is 2.87. The van der Waals surface area contributed by atoms with Crippen LogP contribution in [0, 0.1) is 19.8 Å². The molecule has 124 valence electrons. The number of carbonyl (C=O) groups excluding carboxylic acids is 1. The van der Waals surface area contributed by atoms with Gasteiger partial charge in [0.15, 0.2) is 0 Å². The number of amides is 1. The number of aromatic nitrogens is 1. The highest BCUT2D eigenvalue weighted by atomic mass is 32.1. The van der Waals surface area contributed by atoms with Crippen molar-refractivity contribution in [2.45, 2.75) is 32.6 Å².